The fraction of sp³-hybridized carbons (Fsp3) is 0.0213. The molecule has 0 spiro atoms. The van der Waals surface area contributed by atoms with Crippen LogP contribution in [-0.4, -0.2) is 9.97 Å². The Morgan fingerprint density at radius 3 is 1.22 bits per heavy atom. The van der Waals surface area contributed by atoms with Crippen LogP contribution in [0.25, 0.3) is 55.9 Å². The summed E-state index contributed by atoms with van der Waals surface area (Å²) in [6.07, 6.45) is 3.74. The van der Waals surface area contributed by atoms with Crippen molar-refractivity contribution in [2.45, 2.75) is 5.41 Å². The minimum Gasteiger partial charge on any atom is -0.304 e. The van der Waals surface area contributed by atoms with E-state index in [1.165, 1.54) is 22.3 Å². The fourth-order valence-electron chi connectivity index (χ4n) is 7.55. The van der Waals surface area contributed by atoms with Crippen LogP contribution in [0.4, 0.5) is 0 Å². The van der Waals surface area contributed by atoms with E-state index in [4.69, 9.17) is 9.97 Å². The first-order chi connectivity index (χ1) is 24.3. The maximum atomic E-state index is 4.92. The normalized spacial score (nSPS) is 12.4. The molecule has 1 aliphatic carbocycles. The molecular formula is C47H30N2Pt. The first-order valence-corrected chi connectivity index (χ1v) is 16.6. The molecule has 0 saturated heterocycles. The van der Waals surface area contributed by atoms with Crippen LogP contribution in [0.5, 0.6) is 0 Å². The van der Waals surface area contributed by atoms with Crippen LogP contribution in [0.2, 0.25) is 0 Å². The Morgan fingerprint density at radius 2 is 0.760 bits per heavy atom. The summed E-state index contributed by atoms with van der Waals surface area (Å²) in [6, 6.07) is 67.6. The van der Waals surface area contributed by atoms with Gasteiger partial charge in [0.2, 0.25) is 0 Å². The van der Waals surface area contributed by atoms with Crippen LogP contribution in [-0.2, 0) is 26.5 Å². The average molecular weight is 818 g/mol. The third-order valence-electron chi connectivity index (χ3n) is 9.65. The molecule has 6 aromatic carbocycles. The van der Waals surface area contributed by atoms with Gasteiger partial charge in [-0.15, -0.1) is 70.8 Å². The summed E-state index contributed by atoms with van der Waals surface area (Å²) >= 11 is 0. The van der Waals surface area contributed by atoms with Gasteiger partial charge in [-0.3, -0.25) is 0 Å². The van der Waals surface area contributed by atoms with Crippen LogP contribution in [0, 0.1) is 12.1 Å². The molecule has 0 unspecified atom stereocenters. The van der Waals surface area contributed by atoms with Gasteiger partial charge in [0.15, 0.2) is 0 Å². The summed E-state index contributed by atoms with van der Waals surface area (Å²) in [7, 11) is 0. The van der Waals surface area contributed by atoms with Gasteiger partial charge in [0.1, 0.15) is 0 Å². The molecule has 2 aromatic heterocycles. The molecule has 0 aliphatic heterocycles. The van der Waals surface area contributed by atoms with E-state index >= 15 is 0 Å². The number of hydrogen-bond acceptors (Lipinski definition) is 2. The van der Waals surface area contributed by atoms with Crippen LogP contribution in [0.1, 0.15) is 22.3 Å². The molecule has 2 heterocycles. The van der Waals surface area contributed by atoms with Crippen LogP contribution < -0.4 is 0 Å². The molecule has 0 atom stereocenters. The van der Waals surface area contributed by atoms with Crippen molar-refractivity contribution < 1.29 is 21.1 Å². The second kappa shape index (κ2) is 13.3. The minimum absolute atomic E-state index is 0. The Kier molecular flexibility index (Phi) is 8.41. The number of benzene rings is 6. The summed E-state index contributed by atoms with van der Waals surface area (Å²) in [5.41, 5.74) is 14.4. The number of rotatable bonds is 6. The zero-order chi connectivity index (χ0) is 32.6. The van der Waals surface area contributed by atoms with E-state index in [-0.39, 0.29) is 21.1 Å². The molecule has 9 rings (SSSR count). The first kappa shape index (κ1) is 31.6. The van der Waals surface area contributed by atoms with Gasteiger partial charge in [0, 0.05) is 17.8 Å². The second-order valence-corrected chi connectivity index (χ2v) is 12.3. The molecule has 0 radical (unpaired) electrons. The van der Waals surface area contributed by atoms with Gasteiger partial charge in [-0.25, -0.2) is 0 Å². The van der Waals surface area contributed by atoms with Crippen molar-refractivity contribution in [2.75, 3.05) is 0 Å². The number of hydrogen-bond donors (Lipinski definition) is 0. The summed E-state index contributed by atoms with van der Waals surface area (Å²) in [5.74, 6) is 0. The topological polar surface area (TPSA) is 25.8 Å². The van der Waals surface area contributed by atoms with E-state index in [9.17, 15) is 0 Å². The van der Waals surface area contributed by atoms with E-state index < -0.39 is 5.41 Å². The predicted octanol–water partition coefficient (Wildman–Crippen LogP) is 11.1. The number of aromatic nitrogens is 2. The quantitative estimate of drug-likeness (QED) is 0.156. The third-order valence-corrected chi connectivity index (χ3v) is 9.65. The Hall–Kier alpha value is -5.69. The van der Waals surface area contributed by atoms with Gasteiger partial charge in [-0.05, 0) is 68.0 Å². The van der Waals surface area contributed by atoms with Gasteiger partial charge in [0.25, 0.3) is 0 Å². The largest absolute Gasteiger partial charge is 2.00 e. The summed E-state index contributed by atoms with van der Waals surface area (Å²) < 4.78 is 0. The van der Waals surface area contributed by atoms with Crippen molar-refractivity contribution in [3.05, 3.63) is 217 Å². The molecule has 1 aliphatic rings. The van der Waals surface area contributed by atoms with Gasteiger partial charge in [-0.1, -0.05) is 121 Å². The van der Waals surface area contributed by atoms with Crippen molar-refractivity contribution in [3.63, 3.8) is 0 Å². The zero-order valence-electron chi connectivity index (χ0n) is 27.0. The zero-order valence-corrected chi connectivity index (χ0v) is 29.3. The monoisotopic (exact) mass is 817 g/mol. The van der Waals surface area contributed by atoms with Gasteiger partial charge >= 0.3 is 21.1 Å². The number of fused-ring (bicyclic) bond motifs is 3. The molecule has 0 amide bonds. The molecule has 3 heteroatoms. The van der Waals surface area contributed by atoms with Crippen molar-refractivity contribution in [1.29, 1.82) is 0 Å². The Bertz CT molecular complexity index is 2280. The van der Waals surface area contributed by atoms with E-state index in [1.807, 2.05) is 36.7 Å². The Balaban J connectivity index is 0.00000361. The maximum Gasteiger partial charge on any atom is 2.00 e. The van der Waals surface area contributed by atoms with E-state index in [0.717, 1.165) is 55.9 Å². The molecule has 8 aromatic rings. The molecule has 0 bridgehead atoms. The van der Waals surface area contributed by atoms with Crippen molar-refractivity contribution >= 4 is 0 Å². The minimum atomic E-state index is -0.678. The molecule has 0 fully saturated rings. The SMILES string of the molecule is [Pt+2].[c-]1c(-c2ncccc2-c2ccccc2)cccc1C1(c2[c-]c(-c3ncccc3-c3ccccc3)ccc2)c2ccccc2-c2ccccc21. The maximum absolute atomic E-state index is 4.92. The molecular weight excluding hydrogens is 788 g/mol. The molecule has 238 valence electrons. The summed E-state index contributed by atoms with van der Waals surface area (Å²) in [5, 5.41) is 0. The first-order valence-electron chi connectivity index (χ1n) is 16.6. The van der Waals surface area contributed by atoms with Crippen molar-refractivity contribution in [2.24, 2.45) is 0 Å². The standard InChI is InChI=1S/C47H30N2.Pt/c1-3-15-33(16-4-1)39-25-13-29-48-45(39)35-19-11-21-37(31-35)47(43-27-9-7-23-41(43)42-24-8-10-28-44(42)47)38-22-12-20-36(32-38)46-40(26-14-30-49-46)34-17-5-2-6-18-34;/h1-30H;/q-2;+2. The van der Waals surface area contributed by atoms with Crippen LogP contribution in [0.15, 0.2) is 182 Å². The third kappa shape index (κ3) is 5.16. The van der Waals surface area contributed by atoms with Crippen molar-refractivity contribution in [3.8, 4) is 55.9 Å². The number of pyridine rings is 2. The molecule has 0 N–H and O–H groups in total. The molecule has 0 saturated carbocycles. The fourth-order valence-corrected chi connectivity index (χ4v) is 7.55. The molecule has 50 heavy (non-hydrogen) atoms. The van der Waals surface area contributed by atoms with Gasteiger partial charge < -0.3 is 9.97 Å². The van der Waals surface area contributed by atoms with Crippen LogP contribution >= 0.6 is 0 Å². The van der Waals surface area contributed by atoms with Crippen LogP contribution in [0.3, 0.4) is 0 Å². The second-order valence-electron chi connectivity index (χ2n) is 12.3. The van der Waals surface area contributed by atoms with E-state index in [2.05, 4.69) is 158 Å². The Morgan fingerprint density at radius 1 is 0.360 bits per heavy atom. The predicted molar refractivity (Wildman–Crippen MR) is 199 cm³/mol. The van der Waals surface area contributed by atoms with Gasteiger partial charge in [0.05, 0.1) is 0 Å². The Labute approximate surface area is 307 Å². The average Bonchev–Trinajstić information content (AvgIpc) is 3.50. The summed E-state index contributed by atoms with van der Waals surface area (Å²) in [6.45, 7) is 0. The summed E-state index contributed by atoms with van der Waals surface area (Å²) in [4.78, 5) is 9.84. The van der Waals surface area contributed by atoms with Gasteiger partial charge in [-0.2, -0.15) is 0 Å². The number of nitrogens with zero attached hydrogens (tertiary/aromatic N) is 2. The molecule has 2 nitrogen and oxygen atoms in total. The van der Waals surface area contributed by atoms with Crippen molar-refractivity contribution in [1.82, 2.24) is 9.97 Å². The van der Waals surface area contributed by atoms with E-state index in [0.29, 0.717) is 0 Å². The van der Waals surface area contributed by atoms with E-state index in [1.54, 1.807) is 0 Å². The smallest absolute Gasteiger partial charge is 0.304 e.